The van der Waals surface area contributed by atoms with Crippen molar-refractivity contribution in [2.75, 3.05) is 5.32 Å². The van der Waals surface area contributed by atoms with Gasteiger partial charge in [-0.15, -0.1) is 11.3 Å². The molecule has 4 aromatic rings. The van der Waals surface area contributed by atoms with E-state index >= 15 is 0 Å². The van der Waals surface area contributed by atoms with E-state index in [0.717, 1.165) is 22.0 Å². The number of benzene rings is 3. The van der Waals surface area contributed by atoms with Crippen molar-refractivity contribution in [1.29, 1.82) is 0 Å². The van der Waals surface area contributed by atoms with Crippen molar-refractivity contribution in [3.8, 4) is 11.3 Å². The Balaban J connectivity index is 1.55. The number of fused-ring (bicyclic) bond motifs is 1. The second-order valence-electron chi connectivity index (χ2n) is 6.31. The minimum absolute atomic E-state index is 0.00983. The predicted octanol–water partition coefficient (Wildman–Crippen LogP) is 5.43. The van der Waals surface area contributed by atoms with Crippen LogP contribution in [0.4, 0.5) is 10.8 Å². The van der Waals surface area contributed by atoms with Gasteiger partial charge in [-0.3, -0.25) is 20.2 Å². The van der Waals surface area contributed by atoms with Crippen LogP contribution in [-0.2, 0) is 0 Å². The van der Waals surface area contributed by atoms with Crippen LogP contribution in [0.2, 0.25) is 0 Å². The van der Waals surface area contributed by atoms with Gasteiger partial charge < -0.3 is 0 Å². The maximum absolute atomic E-state index is 12.5. The summed E-state index contributed by atoms with van der Waals surface area (Å²) in [4.78, 5) is 27.4. The zero-order chi connectivity index (χ0) is 19.7. The zero-order valence-electron chi connectivity index (χ0n) is 14.9. The highest BCUT2D eigenvalue weighted by Crippen LogP contribution is 2.28. The van der Waals surface area contributed by atoms with E-state index < -0.39 is 4.92 Å². The Morgan fingerprint density at radius 1 is 1.07 bits per heavy atom. The number of hydrogen-bond acceptors (Lipinski definition) is 5. The molecule has 6 nitrogen and oxygen atoms in total. The maximum Gasteiger partial charge on any atom is 0.272 e. The van der Waals surface area contributed by atoms with Gasteiger partial charge in [0.15, 0.2) is 5.13 Å². The fraction of sp³-hybridized carbons (Fsp3) is 0.0476. The van der Waals surface area contributed by atoms with Gasteiger partial charge in [0, 0.05) is 28.1 Å². The zero-order valence-corrected chi connectivity index (χ0v) is 15.7. The number of carbonyl (C=O) groups excluding carboxylic acids is 1. The first-order valence-electron chi connectivity index (χ1n) is 8.52. The summed E-state index contributed by atoms with van der Waals surface area (Å²) in [6, 6.07) is 18.5. The minimum atomic E-state index is -0.465. The van der Waals surface area contributed by atoms with Gasteiger partial charge in [-0.25, -0.2) is 4.98 Å². The molecule has 7 heteroatoms. The fourth-order valence-electron chi connectivity index (χ4n) is 2.98. The Kier molecular flexibility index (Phi) is 4.58. The van der Waals surface area contributed by atoms with E-state index in [0.29, 0.717) is 16.3 Å². The van der Waals surface area contributed by atoms with E-state index in [4.69, 9.17) is 0 Å². The Morgan fingerprint density at radius 3 is 2.61 bits per heavy atom. The normalized spacial score (nSPS) is 10.8. The van der Waals surface area contributed by atoms with Crippen LogP contribution in [0.5, 0.6) is 0 Å². The Hall–Kier alpha value is -3.58. The number of nitro groups is 1. The van der Waals surface area contributed by atoms with Crippen molar-refractivity contribution >= 4 is 38.8 Å². The SMILES string of the molecule is Cc1cc(C(=O)Nc2nc(-c3ccc4ccccc4c3)cs2)ccc1[N+](=O)[O-]. The van der Waals surface area contributed by atoms with Gasteiger partial charge in [-0.2, -0.15) is 0 Å². The Morgan fingerprint density at radius 2 is 1.86 bits per heavy atom. The van der Waals surface area contributed by atoms with Gasteiger partial charge in [0.05, 0.1) is 10.6 Å². The van der Waals surface area contributed by atoms with Crippen molar-refractivity contribution in [1.82, 2.24) is 4.98 Å². The number of rotatable bonds is 4. The number of thiazole rings is 1. The summed E-state index contributed by atoms with van der Waals surface area (Å²) in [6.45, 7) is 1.61. The monoisotopic (exact) mass is 389 g/mol. The third-order valence-corrected chi connectivity index (χ3v) is 5.18. The lowest BCUT2D eigenvalue weighted by Crippen LogP contribution is -2.12. The largest absolute Gasteiger partial charge is 0.298 e. The molecule has 4 rings (SSSR count). The molecule has 0 bridgehead atoms. The van der Waals surface area contributed by atoms with Crippen LogP contribution in [0.1, 0.15) is 15.9 Å². The summed E-state index contributed by atoms with van der Waals surface area (Å²) < 4.78 is 0. The highest BCUT2D eigenvalue weighted by atomic mass is 32.1. The number of aryl methyl sites for hydroxylation is 1. The molecular formula is C21H15N3O3S. The highest BCUT2D eigenvalue weighted by molar-refractivity contribution is 7.14. The van der Waals surface area contributed by atoms with Crippen LogP contribution in [0.15, 0.2) is 66.0 Å². The summed E-state index contributed by atoms with van der Waals surface area (Å²) >= 11 is 1.33. The summed E-state index contributed by atoms with van der Waals surface area (Å²) in [7, 11) is 0. The molecule has 0 aliphatic heterocycles. The van der Waals surface area contributed by atoms with Gasteiger partial charge in [-0.05, 0) is 35.9 Å². The van der Waals surface area contributed by atoms with Crippen LogP contribution < -0.4 is 5.32 Å². The second-order valence-corrected chi connectivity index (χ2v) is 7.17. The Bertz CT molecular complexity index is 1220. The summed E-state index contributed by atoms with van der Waals surface area (Å²) in [5, 5.41) is 18.3. The number of aromatic nitrogens is 1. The van der Waals surface area contributed by atoms with E-state index in [1.807, 2.05) is 35.7 Å². The van der Waals surface area contributed by atoms with Gasteiger partial charge in [0.1, 0.15) is 0 Å². The third kappa shape index (κ3) is 3.47. The minimum Gasteiger partial charge on any atom is -0.298 e. The van der Waals surface area contributed by atoms with Crippen molar-refractivity contribution in [2.45, 2.75) is 6.92 Å². The van der Waals surface area contributed by atoms with Crippen LogP contribution in [0.25, 0.3) is 22.0 Å². The first kappa shape index (κ1) is 17.8. The number of nitro benzene ring substituents is 1. The molecule has 1 aromatic heterocycles. The number of amides is 1. The summed E-state index contributed by atoms with van der Waals surface area (Å²) in [6.07, 6.45) is 0. The number of nitrogens with zero attached hydrogens (tertiary/aromatic N) is 2. The molecule has 0 radical (unpaired) electrons. The molecule has 0 saturated heterocycles. The van der Waals surface area contributed by atoms with Crippen LogP contribution in [-0.4, -0.2) is 15.8 Å². The number of hydrogen-bond donors (Lipinski definition) is 1. The molecule has 1 heterocycles. The van der Waals surface area contributed by atoms with Crippen molar-refractivity contribution in [3.05, 3.63) is 87.3 Å². The first-order chi connectivity index (χ1) is 13.5. The summed E-state index contributed by atoms with van der Waals surface area (Å²) in [5.74, 6) is -0.350. The lowest BCUT2D eigenvalue weighted by Gasteiger charge is -2.04. The van der Waals surface area contributed by atoms with Gasteiger partial charge in [-0.1, -0.05) is 36.4 Å². The molecule has 3 aromatic carbocycles. The maximum atomic E-state index is 12.5. The first-order valence-corrected chi connectivity index (χ1v) is 9.40. The molecule has 0 unspecified atom stereocenters. The molecule has 138 valence electrons. The van der Waals surface area contributed by atoms with E-state index in [-0.39, 0.29) is 11.6 Å². The molecule has 0 spiro atoms. The molecule has 0 aliphatic carbocycles. The molecule has 1 N–H and O–H groups in total. The van der Waals surface area contributed by atoms with Gasteiger partial charge >= 0.3 is 0 Å². The second kappa shape index (κ2) is 7.21. The van der Waals surface area contributed by atoms with E-state index in [2.05, 4.69) is 22.4 Å². The quantitative estimate of drug-likeness (QED) is 0.372. The number of anilines is 1. The fourth-order valence-corrected chi connectivity index (χ4v) is 3.70. The number of carbonyl (C=O) groups is 1. The lowest BCUT2D eigenvalue weighted by atomic mass is 10.1. The molecule has 28 heavy (non-hydrogen) atoms. The number of nitrogens with one attached hydrogen (secondary N) is 1. The average molecular weight is 389 g/mol. The third-order valence-electron chi connectivity index (χ3n) is 4.43. The van der Waals surface area contributed by atoms with Crippen LogP contribution >= 0.6 is 11.3 Å². The van der Waals surface area contributed by atoms with E-state index in [1.54, 1.807) is 6.92 Å². The van der Waals surface area contributed by atoms with E-state index in [1.165, 1.54) is 29.5 Å². The molecule has 0 saturated carbocycles. The Labute approximate surface area is 164 Å². The highest BCUT2D eigenvalue weighted by Gasteiger charge is 2.15. The standard InChI is InChI=1S/C21H15N3O3S/c1-13-10-17(8-9-19(13)24(26)27)20(25)23-21-22-18(12-28-21)16-7-6-14-4-2-3-5-15(14)11-16/h2-12H,1H3,(H,22,23,25). The lowest BCUT2D eigenvalue weighted by molar-refractivity contribution is -0.385. The molecule has 0 fully saturated rings. The molecule has 0 aliphatic rings. The molecule has 1 amide bonds. The average Bonchev–Trinajstić information content (AvgIpc) is 3.15. The summed E-state index contributed by atoms with van der Waals surface area (Å²) in [5.41, 5.74) is 2.54. The smallest absolute Gasteiger partial charge is 0.272 e. The topological polar surface area (TPSA) is 85.1 Å². The van der Waals surface area contributed by atoms with Crippen molar-refractivity contribution in [3.63, 3.8) is 0 Å². The van der Waals surface area contributed by atoms with Gasteiger partial charge in [0.2, 0.25) is 0 Å². The van der Waals surface area contributed by atoms with E-state index in [9.17, 15) is 14.9 Å². The predicted molar refractivity (Wildman–Crippen MR) is 111 cm³/mol. The van der Waals surface area contributed by atoms with Crippen molar-refractivity contribution in [2.24, 2.45) is 0 Å². The van der Waals surface area contributed by atoms with Gasteiger partial charge in [0.25, 0.3) is 11.6 Å². The van der Waals surface area contributed by atoms with Crippen LogP contribution in [0.3, 0.4) is 0 Å². The van der Waals surface area contributed by atoms with Crippen LogP contribution in [0, 0.1) is 17.0 Å². The molecule has 0 atom stereocenters. The van der Waals surface area contributed by atoms with Crippen molar-refractivity contribution < 1.29 is 9.72 Å². The molecular weight excluding hydrogens is 374 g/mol.